The third-order valence-electron chi connectivity index (χ3n) is 3.79. The number of carbonyl (C=O) groups is 1. The Kier molecular flexibility index (Phi) is 4.17. The van der Waals surface area contributed by atoms with Crippen molar-refractivity contribution in [3.8, 4) is 6.07 Å². The summed E-state index contributed by atoms with van der Waals surface area (Å²) in [5.74, 6) is 0.196. The number of anilines is 1. The molecule has 1 amide bonds. The van der Waals surface area contributed by atoms with Crippen LogP contribution >= 0.6 is 0 Å². The molecule has 0 aliphatic carbocycles. The van der Waals surface area contributed by atoms with Gasteiger partial charge in [-0.05, 0) is 24.1 Å². The SMILES string of the molecule is N#Cc1[nH]cnc1NC(=O)CCCN1Cc2ccccc2C1. The van der Waals surface area contributed by atoms with Gasteiger partial charge in [-0.25, -0.2) is 4.98 Å². The lowest BCUT2D eigenvalue weighted by Gasteiger charge is -2.14. The second-order valence-electron chi connectivity index (χ2n) is 5.37. The van der Waals surface area contributed by atoms with Crippen molar-refractivity contribution in [2.75, 3.05) is 11.9 Å². The first-order valence-corrected chi connectivity index (χ1v) is 7.28. The van der Waals surface area contributed by atoms with Gasteiger partial charge in [0.05, 0.1) is 6.33 Å². The standard InChI is InChI=1S/C16H17N5O/c17-8-14-16(19-11-18-14)20-15(22)6-3-7-21-9-12-4-1-2-5-13(12)10-21/h1-2,4-5,11H,3,6-7,9-10H2,(H,18,19)(H,20,22). The van der Waals surface area contributed by atoms with Crippen LogP contribution in [0.25, 0.3) is 0 Å². The number of aromatic nitrogens is 2. The van der Waals surface area contributed by atoms with Crippen LogP contribution in [-0.4, -0.2) is 27.3 Å². The molecule has 2 heterocycles. The minimum absolute atomic E-state index is 0.111. The second-order valence-corrected chi connectivity index (χ2v) is 5.37. The maximum Gasteiger partial charge on any atom is 0.225 e. The van der Waals surface area contributed by atoms with Crippen molar-refractivity contribution in [2.24, 2.45) is 0 Å². The molecule has 6 heteroatoms. The third-order valence-corrected chi connectivity index (χ3v) is 3.79. The van der Waals surface area contributed by atoms with Gasteiger partial charge in [-0.2, -0.15) is 5.26 Å². The molecule has 0 spiro atoms. The number of aromatic amines is 1. The van der Waals surface area contributed by atoms with Gasteiger partial charge in [-0.1, -0.05) is 24.3 Å². The van der Waals surface area contributed by atoms with Crippen molar-refractivity contribution in [1.29, 1.82) is 5.26 Å². The highest BCUT2D eigenvalue weighted by Gasteiger charge is 2.18. The molecule has 0 unspecified atom stereocenters. The summed E-state index contributed by atoms with van der Waals surface area (Å²) >= 11 is 0. The topological polar surface area (TPSA) is 84.8 Å². The minimum atomic E-state index is -0.111. The van der Waals surface area contributed by atoms with Crippen LogP contribution < -0.4 is 5.32 Å². The van der Waals surface area contributed by atoms with Crippen molar-refractivity contribution in [3.63, 3.8) is 0 Å². The van der Waals surface area contributed by atoms with E-state index in [9.17, 15) is 4.79 Å². The summed E-state index contributed by atoms with van der Waals surface area (Å²) < 4.78 is 0. The number of carbonyl (C=O) groups excluding carboxylic acids is 1. The van der Waals surface area contributed by atoms with Crippen LogP contribution in [0.4, 0.5) is 5.82 Å². The van der Waals surface area contributed by atoms with E-state index in [2.05, 4.69) is 44.5 Å². The summed E-state index contributed by atoms with van der Waals surface area (Å²) in [5, 5.41) is 11.5. The van der Waals surface area contributed by atoms with Crippen LogP contribution in [0.15, 0.2) is 30.6 Å². The predicted octanol–water partition coefficient (Wildman–Crippen LogP) is 2.02. The van der Waals surface area contributed by atoms with E-state index in [1.807, 2.05) is 6.07 Å². The number of imidazole rings is 1. The number of H-pyrrole nitrogens is 1. The van der Waals surface area contributed by atoms with Gasteiger partial charge in [0, 0.05) is 19.5 Å². The molecule has 1 aliphatic heterocycles. The molecule has 0 saturated heterocycles. The normalized spacial score (nSPS) is 13.6. The fourth-order valence-electron chi connectivity index (χ4n) is 2.69. The van der Waals surface area contributed by atoms with Gasteiger partial charge in [0.2, 0.25) is 5.91 Å². The second kappa shape index (κ2) is 6.41. The molecule has 1 aromatic heterocycles. The first kappa shape index (κ1) is 14.3. The number of nitrogens with one attached hydrogen (secondary N) is 2. The number of nitriles is 1. The lowest BCUT2D eigenvalue weighted by atomic mass is 10.1. The van der Waals surface area contributed by atoms with E-state index >= 15 is 0 Å². The van der Waals surface area contributed by atoms with Gasteiger partial charge in [0.25, 0.3) is 0 Å². The molecule has 0 bridgehead atoms. The summed E-state index contributed by atoms with van der Waals surface area (Å²) in [6, 6.07) is 10.4. The van der Waals surface area contributed by atoms with Gasteiger partial charge in [0.1, 0.15) is 6.07 Å². The summed E-state index contributed by atoms with van der Waals surface area (Å²) in [7, 11) is 0. The Morgan fingerprint density at radius 2 is 2.09 bits per heavy atom. The molecule has 1 aliphatic rings. The smallest absolute Gasteiger partial charge is 0.225 e. The Morgan fingerprint density at radius 3 is 2.77 bits per heavy atom. The number of benzene rings is 1. The van der Waals surface area contributed by atoms with E-state index < -0.39 is 0 Å². The maximum atomic E-state index is 11.9. The van der Waals surface area contributed by atoms with Crippen LogP contribution in [0.5, 0.6) is 0 Å². The van der Waals surface area contributed by atoms with Gasteiger partial charge < -0.3 is 10.3 Å². The van der Waals surface area contributed by atoms with Crippen LogP contribution in [0.3, 0.4) is 0 Å². The highest BCUT2D eigenvalue weighted by Crippen LogP contribution is 2.22. The molecule has 6 nitrogen and oxygen atoms in total. The molecule has 3 rings (SSSR count). The Morgan fingerprint density at radius 1 is 1.36 bits per heavy atom. The van der Waals surface area contributed by atoms with E-state index in [1.165, 1.54) is 17.5 Å². The van der Waals surface area contributed by atoms with Gasteiger partial charge in [0.15, 0.2) is 11.5 Å². The Hall–Kier alpha value is -2.65. The highest BCUT2D eigenvalue weighted by atomic mass is 16.1. The highest BCUT2D eigenvalue weighted by molar-refractivity contribution is 5.90. The van der Waals surface area contributed by atoms with Crippen LogP contribution in [0.1, 0.15) is 29.7 Å². The minimum Gasteiger partial charge on any atom is -0.335 e. The third kappa shape index (κ3) is 3.15. The number of hydrogen-bond acceptors (Lipinski definition) is 4. The number of nitrogens with zero attached hydrogens (tertiary/aromatic N) is 3. The van der Waals surface area contributed by atoms with Crippen molar-refractivity contribution in [3.05, 3.63) is 47.4 Å². The van der Waals surface area contributed by atoms with E-state index in [1.54, 1.807) is 0 Å². The van der Waals surface area contributed by atoms with Gasteiger partial charge >= 0.3 is 0 Å². The lowest BCUT2D eigenvalue weighted by molar-refractivity contribution is -0.116. The van der Waals surface area contributed by atoms with Gasteiger partial charge in [-0.3, -0.25) is 9.69 Å². The molecule has 0 saturated carbocycles. The Balaban J connectivity index is 1.43. The number of rotatable bonds is 5. The fourth-order valence-corrected chi connectivity index (χ4v) is 2.69. The summed E-state index contributed by atoms with van der Waals surface area (Å²) in [5.41, 5.74) is 3.03. The Labute approximate surface area is 128 Å². The number of hydrogen-bond donors (Lipinski definition) is 2. The molecular formula is C16H17N5O. The van der Waals surface area contributed by atoms with Crippen molar-refractivity contribution in [2.45, 2.75) is 25.9 Å². The molecule has 0 atom stereocenters. The molecule has 1 aromatic carbocycles. The van der Waals surface area contributed by atoms with Crippen molar-refractivity contribution < 1.29 is 4.79 Å². The van der Waals surface area contributed by atoms with E-state index in [0.29, 0.717) is 12.2 Å². The predicted molar refractivity (Wildman–Crippen MR) is 81.7 cm³/mol. The van der Waals surface area contributed by atoms with E-state index in [4.69, 9.17) is 5.26 Å². The molecule has 2 aromatic rings. The summed E-state index contributed by atoms with van der Waals surface area (Å²) in [4.78, 5) is 20.8. The van der Waals surface area contributed by atoms with Gasteiger partial charge in [-0.15, -0.1) is 0 Å². The first-order chi connectivity index (χ1) is 10.8. The zero-order valence-corrected chi connectivity index (χ0v) is 12.2. The summed E-state index contributed by atoms with van der Waals surface area (Å²) in [6.07, 6.45) is 2.60. The number of amides is 1. The zero-order chi connectivity index (χ0) is 15.4. The molecule has 0 fully saturated rings. The fraction of sp³-hybridized carbons (Fsp3) is 0.312. The molecular weight excluding hydrogens is 278 g/mol. The monoisotopic (exact) mass is 295 g/mol. The quantitative estimate of drug-likeness (QED) is 0.883. The van der Waals surface area contributed by atoms with Crippen LogP contribution in [-0.2, 0) is 17.9 Å². The molecule has 0 radical (unpaired) electrons. The number of fused-ring (bicyclic) bond motifs is 1. The first-order valence-electron chi connectivity index (χ1n) is 7.28. The van der Waals surface area contributed by atoms with E-state index in [-0.39, 0.29) is 11.6 Å². The van der Waals surface area contributed by atoms with Crippen LogP contribution in [0.2, 0.25) is 0 Å². The largest absolute Gasteiger partial charge is 0.335 e. The maximum absolute atomic E-state index is 11.9. The zero-order valence-electron chi connectivity index (χ0n) is 12.2. The lowest BCUT2D eigenvalue weighted by Crippen LogP contribution is -2.20. The molecule has 2 N–H and O–H groups in total. The Bertz CT molecular complexity index is 690. The molecule has 22 heavy (non-hydrogen) atoms. The average molecular weight is 295 g/mol. The van der Waals surface area contributed by atoms with Crippen LogP contribution in [0, 0.1) is 11.3 Å². The van der Waals surface area contributed by atoms with Crippen molar-refractivity contribution in [1.82, 2.24) is 14.9 Å². The average Bonchev–Trinajstić information content (AvgIpc) is 3.12. The van der Waals surface area contributed by atoms with Crippen molar-refractivity contribution >= 4 is 11.7 Å². The summed E-state index contributed by atoms with van der Waals surface area (Å²) in [6.45, 7) is 2.79. The van der Waals surface area contributed by atoms with E-state index in [0.717, 1.165) is 26.1 Å². The molecule has 112 valence electrons.